The molecule has 4 rings (SSSR count). The number of imidazole rings is 1. The molecule has 12 nitrogen and oxygen atoms in total. The van der Waals surface area contributed by atoms with Crippen LogP contribution in [-0.4, -0.2) is 55.5 Å². The number of carbonyl (C=O) groups is 1. The van der Waals surface area contributed by atoms with Crippen LogP contribution in [0, 0.1) is 0 Å². The van der Waals surface area contributed by atoms with Gasteiger partial charge in [0.1, 0.15) is 30.7 Å². The zero-order chi connectivity index (χ0) is 20.6. The SMILES string of the molecule is Nc1nc2c(ncn2COC(CO)COC(=O)C2(N)CC2c2ccco2)c(=O)[nH]1. The van der Waals surface area contributed by atoms with Gasteiger partial charge in [-0.3, -0.25) is 19.1 Å². The first-order valence-electron chi connectivity index (χ1n) is 8.85. The van der Waals surface area contributed by atoms with Gasteiger partial charge in [-0.25, -0.2) is 4.98 Å². The molecule has 3 heterocycles. The molecule has 1 aliphatic rings. The molecule has 3 atom stereocenters. The summed E-state index contributed by atoms with van der Waals surface area (Å²) in [5, 5.41) is 9.51. The van der Waals surface area contributed by atoms with Crippen LogP contribution >= 0.6 is 0 Å². The van der Waals surface area contributed by atoms with E-state index in [0.717, 1.165) is 0 Å². The Balaban J connectivity index is 1.34. The number of aromatic amines is 1. The summed E-state index contributed by atoms with van der Waals surface area (Å²) in [6.45, 7) is -0.671. The monoisotopic (exact) mass is 404 g/mol. The normalized spacial score (nSPS) is 21.9. The van der Waals surface area contributed by atoms with E-state index in [9.17, 15) is 14.7 Å². The highest BCUT2D eigenvalue weighted by Gasteiger charge is 2.60. The molecule has 0 aromatic carbocycles. The van der Waals surface area contributed by atoms with Gasteiger partial charge < -0.3 is 30.5 Å². The number of nitrogens with two attached hydrogens (primary N) is 2. The van der Waals surface area contributed by atoms with E-state index < -0.39 is 29.8 Å². The molecule has 29 heavy (non-hydrogen) atoms. The van der Waals surface area contributed by atoms with E-state index in [1.165, 1.54) is 17.2 Å². The van der Waals surface area contributed by atoms with Crippen LogP contribution in [0.1, 0.15) is 18.1 Å². The molecule has 0 radical (unpaired) electrons. The van der Waals surface area contributed by atoms with Crippen molar-refractivity contribution in [2.75, 3.05) is 18.9 Å². The molecule has 6 N–H and O–H groups in total. The lowest BCUT2D eigenvalue weighted by Crippen LogP contribution is -2.39. The van der Waals surface area contributed by atoms with Crippen molar-refractivity contribution in [2.45, 2.75) is 30.7 Å². The molecule has 3 aromatic rings. The molecule has 1 saturated carbocycles. The van der Waals surface area contributed by atoms with E-state index in [1.54, 1.807) is 12.1 Å². The van der Waals surface area contributed by atoms with Crippen LogP contribution in [0.3, 0.4) is 0 Å². The van der Waals surface area contributed by atoms with Gasteiger partial charge in [-0.2, -0.15) is 4.98 Å². The second-order valence-corrected chi connectivity index (χ2v) is 6.85. The molecule has 3 aromatic heterocycles. The number of nitrogens with zero attached hydrogens (tertiary/aromatic N) is 3. The van der Waals surface area contributed by atoms with Crippen molar-refractivity contribution < 1.29 is 23.8 Å². The van der Waals surface area contributed by atoms with Crippen molar-refractivity contribution in [3.63, 3.8) is 0 Å². The van der Waals surface area contributed by atoms with Crippen molar-refractivity contribution in [3.05, 3.63) is 40.8 Å². The molecule has 0 aliphatic heterocycles. The van der Waals surface area contributed by atoms with Crippen LogP contribution in [0.5, 0.6) is 0 Å². The Hall–Kier alpha value is -3.22. The molecule has 3 unspecified atom stereocenters. The quantitative estimate of drug-likeness (QED) is 0.341. The standard InChI is InChI=1S/C17H20N6O6/c18-16-21-13-12(14(25)22-16)20-7-23(13)8-29-9(5-24)6-28-15(26)17(19)4-10(17)11-2-1-3-27-11/h1-3,7,9-10,24H,4-6,8,19H2,(H3,18,21,22,25). The third kappa shape index (κ3) is 3.60. The highest BCUT2D eigenvalue weighted by atomic mass is 16.6. The van der Waals surface area contributed by atoms with Crippen LogP contribution < -0.4 is 17.0 Å². The highest BCUT2D eigenvalue weighted by Crippen LogP contribution is 2.50. The van der Waals surface area contributed by atoms with Crippen LogP contribution in [0.4, 0.5) is 5.95 Å². The predicted octanol–water partition coefficient (Wildman–Crippen LogP) is -0.942. The van der Waals surface area contributed by atoms with Crippen molar-refractivity contribution in [1.82, 2.24) is 19.5 Å². The lowest BCUT2D eigenvalue weighted by molar-refractivity contribution is -0.153. The predicted molar refractivity (Wildman–Crippen MR) is 98.5 cm³/mol. The van der Waals surface area contributed by atoms with E-state index in [1.807, 2.05) is 0 Å². The first kappa shape index (κ1) is 19.1. The number of aliphatic hydroxyl groups excluding tert-OH is 1. The fourth-order valence-corrected chi connectivity index (χ4v) is 3.06. The maximum Gasteiger partial charge on any atom is 0.326 e. The van der Waals surface area contributed by atoms with Crippen molar-refractivity contribution >= 4 is 23.1 Å². The van der Waals surface area contributed by atoms with E-state index in [0.29, 0.717) is 12.2 Å². The van der Waals surface area contributed by atoms with Gasteiger partial charge >= 0.3 is 5.97 Å². The molecule has 1 aliphatic carbocycles. The minimum atomic E-state index is -1.14. The van der Waals surface area contributed by atoms with Crippen LogP contribution in [0.15, 0.2) is 33.9 Å². The largest absolute Gasteiger partial charge is 0.469 e. The Labute approximate surface area is 163 Å². The van der Waals surface area contributed by atoms with Crippen molar-refractivity contribution in [1.29, 1.82) is 0 Å². The van der Waals surface area contributed by atoms with Gasteiger partial charge in [-0.05, 0) is 18.6 Å². The molecule has 12 heteroatoms. The van der Waals surface area contributed by atoms with Gasteiger partial charge in [-0.15, -0.1) is 0 Å². The van der Waals surface area contributed by atoms with Gasteiger partial charge in [0.2, 0.25) is 5.95 Å². The van der Waals surface area contributed by atoms with Gasteiger partial charge in [0.25, 0.3) is 5.56 Å². The molecule has 1 fully saturated rings. The van der Waals surface area contributed by atoms with Crippen LogP contribution in [0.2, 0.25) is 0 Å². The summed E-state index contributed by atoms with van der Waals surface area (Å²) >= 11 is 0. The molecule has 0 spiro atoms. The number of anilines is 1. The highest BCUT2D eigenvalue weighted by molar-refractivity contribution is 5.86. The number of nitrogens with one attached hydrogen (secondary N) is 1. The second kappa shape index (κ2) is 7.31. The first-order chi connectivity index (χ1) is 13.9. The topological polar surface area (TPSA) is 185 Å². The lowest BCUT2D eigenvalue weighted by atomic mass is 10.2. The number of H-pyrrole nitrogens is 1. The number of esters is 1. The number of fused-ring (bicyclic) bond motifs is 1. The average Bonchev–Trinajstić information content (AvgIpc) is 3.06. The molecule has 0 bridgehead atoms. The molecular formula is C17H20N6O6. The molecule has 0 amide bonds. The number of furan rings is 1. The number of rotatable bonds is 8. The zero-order valence-electron chi connectivity index (χ0n) is 15.3. The summed E-state index contributed by atoms with van der Waals surface area (Å²) in [6, 6.07) is 3.48. The van der Waals surface area contributed by atoms with E-state index in [4.69, 9.17) is 25.4 Å². The number of carbonyl (C=O) groups excluding carboxylic acids is 1. The van der Waals surface area contributed by atoms with Gasteiger partial charge in [0.15, 0.2) is 11.2 Å². The third-order valence-electron chi connectivity index (χ3n) is 4.82. The van der Waals surface area contributed by atoms with Crippen LogP contribution in [0.25, 0.3) is 11.2 Å². The third-order valence-corrected chi connectivity index (χ3v) is 4.82. The Bertz CT molecular complexity index is 1080. The van der Waals surface area contributed by atoms with Gasteiger partial charge in [-0.1, -0.05) is 0 Å². The fourth-order valence-electron chi connectivity index (χ4n) is 3.06. The summed E-state index contributed by atoms with van der Waals surface area (Å²) in [6.07, 6.45) is 2.50. The minimum absolute atomic E-state index is 0.0549. The molecule has 154 valence electrons. The number of ether oxygens (including phenoxy) is 2. The lowest BCUT2D eigenvalue weighted by Gasteiger charge is -2.18. The van der Waals surface area contributed by atoms with E-state index in [-0.39, 0.29) is 36.4 Å². The Kier molecular flexibility index (Phi) is 4.82. The summed E-state index contributed by atoms with van der Waals surface area (Å²) in [7, 11) is 0. The first-order valence-corrected chi connectivity index (χ1v) is 8.85. The summed E-state index contributed by atoms with van der Waals surface area (Å²) in [4.78, 5) is 34.4. The van der Waals surface area contributed by atoms with Crippen molar-refractivity contribution in [2.24, 2.45) is 5.73 Å². The summed E-state index contributed by atoms with van der Waals surface area (Å²) < 4.78 is 17.5. The summed E-state index contributed by atoms with van der Waals surface area (Å²) in [5.41, 5.74) is 10.4. The molecule has 0 saturated heterocycles. The van der Waals surface area contributed by atoms with E-state index >= 15 is 0 Å². The van der Waals surface area contributed by atoms with Gasteiger partial charge in [0, 0.05) is 5.92 Å². The Morgan fingerprint density at radius 2 is 2.38 bits per heavy atom. The maximum absolute atomic E-state index is 12.3. The minimum Gasteiger partial charge on any atom is -0.469 e. The van der Waals surface area contributed by atoms with Crippen LogP contribution in [-0.2, 0) is 21.0 Å². The number of aromatic nitrogens is 4. The fraction of sp³-hybridized carbons (Fsp3) is 0.412. The molecular weight excluding hydrogens is 384 g/mol. The number of nitrogen functional groups attached to an aromatic ring is 1. The maximum atomic E-state index is 12.3. The number of hydrogen-bond donors (Lipinski definition) is 4. The number of hydrogen-bond acceptors (Lipinski definition) is 10. The second-order valence-electron chi connectivity index (χ2n) is 6.85. The summed E-state index contributed by atoms with van der Waals surface area (Å²) in [5.74, 6) is -0.241. The Morgan fingerprint density at radius 3 is 3.10 bits per heavy atom. The van der Waals surface area contributed by atoms with E-state index in [2.05, 4.69) is 15.0 Å². The smallest absolute Gasteiger partial charge is 0.326 e. The Morgan fingerprint density at radius 1 is 1.55 bits per heavy atom. The zero-order valence-corrected chi connectivity index (χ0v) is 15.3. The average molecular weight is 404 g/mol. The number of aliphatic hydroxyl groups is 1. The van der Waals surface area contributed by atoms with Crippen molar-refractivity contribution in [3.8, 4) is 0 Å². The van der Waals surface area contributed by atoms with Gasteiger partial charge in [0.05, 0.1) is 19.2 Å².